The lowest BCUT2D eigenvalue weighted by atomic mass is 10.0. The van der Waals surface area contributed by atoms with Gasteiger partial charge in [-0.25, -0.2) is 4.79 Å². The summed E-state index contributed by atoms with van der Waals surface area (Å²) in [4.78, 5) is 25.4. The van der Waals surface area contributed by atoms with E-state index in [2.05, 4.69) is 21.2 Å². The van der Waals surface area contributed by atoms with Gasteiger partial charge < -0.3 is 15.3 Å². The average molecular weight is 361 g/mol. The fourth-order valence-electron chi connectivity index (χ4n) is 2.30. The van der Waals surface area contributed by atoms with Crippen LogP contribution in [0, 0.1) is 5.92 Å². The zero-order valence-corrected chi connectivity index (χ0v) is 13.4. The van der Waals surface area contributed by atoms with E-state index in [0.717, 1.165) is 15.8 Å². The van der Waals surface area contributed by atoms with Crippen LogP contribution in [0.3, 0.4) is 0 Å². The van der Waals surface area contributed by atoms with Crippen molar-refractivity contribution in [3.63, 3.8) is 0 Å². The first-order valence-electron chi connectivity index (χ1n) is 6.52. The molecule has 1 aliphatic rings. The second-order valence-corrected chi connectivity index (χ2v) is 6.83. The summed E-state index contributed by atoms with van der Waals surface area (Å²) < 4.78 is 1.03. The van der Waals surface area contributed by atoms with Crippen molar-refractivity contribution < 1.29 is 14.7 Å². The number of nitrogens with zero attached hydrogens (tertiary/aromatic N) is 1. The van der Waals surface area contributed by atoms with Gasteiger partial charge in [0.1, 0.15) is 0 Å². The van der Waals surface area contributed by atoms with Gasteiger partial charge in [-0.1, -0.05) is 0 Å². The van der Waals surface area contributed by atoms with Gasteiger partial charge in [0.15, 0.2) is 0 Å². The van der Waals surface area contributed by atoms with Crippen LogP contribution in [0.5, 0.6) is 0 Å². The first-order chi connectivity index (χ1) is 9.54. The van der Waals surface area contributed by atoms with Crippen molar-refractivity contribution in [2.24, 2.45) is 5.92 Å². The molecular weight excluding hydrogens is 344 g/mol. The van der Waals surface area contributed by atoms with E-state index in [1.165, 1.54) is 0 Å². The molecule has 0 aliphatic carbocycles. The van der Waals surface area contributed by atoms with Crippen molar-refractivity contribution in [1.82, 2.24) is 10.2 Å². The van der Waals surface area contributed by atoms with E-state index < -0.39 is 5.97 Å². The lowest BCUT2D eigenvalue weighted by molar-refractivity contribution is -0.137. The fourth-order valence-corrected chi connectivity index (χ4v) is 3.69. The highest BCUT2D eigenvalue weighted by molar-refractivity contribution is 9.10. The number of hydrogen-bond donors (Lipinski definition) is 2. The van der Waals surface area contributed by atoms with Crippen LogP contribution in [0.2, 0.25) is 0 Å². The summed E-state index contributed by atoms with van der Waals surface area (Å²) in [5.41, 5.74) is 0. The standard InChI is InChI=1S/C13H17BrN2O3S/c14-10-5-11(20-8-10)6-15-13(19)16-4-3-9(7-16)1-2-12(17)18/h5,8-9H,1-4,6-7H2,(H,15,19)(H,17,18). The Hall–Kier alpha value is -1.08. The number of rotatable bonds is 5. The van der Waals surface area contributed by atoms with Gasteiger partial charge in [-0.2, -0.15) is 0 Å². The summed E-state index contributed by atoms with van der Waals surface area (Å²) in [6.07, 6.45) is 1.73. The van der Waals surface area contributed by atoms with Crippen molar-refractivity contribution in [2.75, 3.05) is 13.1 Å². The summed E-state index contributed by atoms with van der Waals surface area (Å²) in [7, 11) is 0. The summed E-state index contributed by atoms with van der Waals surface area (Å²) >= 11 is 4.98. The molecule has 2 N–H and O–H groups in total. The van der Waals surface area contributed by atoms with Crippen LogP contribution in [0.4, 0.5) is 4.79 Å². The number of nitrogens with one attached hydrogen (secondary N) is 1. The molecule has 1 aliphatic heterocycles. The summed E-state index contributed by atoms with van der Waals surface area (Å²) in [5, 5.41) is 13.6. The van der Waals surface area contributed by atoms with Crippen LogP contribution in [-0.4, -0.2) is 35.1 Å². The lowest BCUT2D eigenvalue weighted by Crippen LogP contribution is -2.37. The molecule has 7 heteroatoms. The third kappa shape index (κ3) is 4.49. The van der Waals surface area contributed by atoms with Gasteiger partial charge in [-0.3, -0.25) is 4.79 Å². The van der Waals surface area contributed by atoms with Gasteiger partial charge in [0.05, 0.1) is 6.54 Å². The predicted molar refractivity (Wildman–Crippen MR) is 80.8 cm³/mol. The van der Waals surface area contributed by atoms with Gasteiger partial charge in [0.25, 0.3) is 0 Å². The van der Waals surface area contributed by atoms with E-state index in [1.54, 1.807) is 16.2 Å². The zero-order valence-electron chi connectivity index (χ0n) is 11.0. The summed E-state index contributed by atoms with van der Waals surface area (Å²) in [5.74, 6) is -0.455. The number of halogens is 1. The molecule has 2 rings (SSSR count). The van der Waals surface area contributed by atoms with Gasteiger partial charge in [0.2, 0.25) is 0 Å². The Morgan fingerprint density at radius 1 is 1.55 bits per heavy atom. The minimum absolute atomic E-state index is 0.0626. The molecule has 0 bridgehead atoms. The molecule has 20 heavy (non-hydrogen) atoms. The normalized spacial score (nSPS) is 18.2. The molecule has 0 radical (unpaired) electrons. The van der Waals surface area contributed by atoms with Crippen molar-refractivity contribution in [3.05, 3.63) is 20.8 Å². The SMILES string of the molecule is O=C(O)CCC1CCN(C(=O)NCc2cc(Br)cs2)C1. The number of urea groups is 1. The third-order valence-electron chi connectivity index (χ3n) is 3.38. The van der Waals surface area contributed by atoms with Gasteiger partial charge in [0, 0.05) is 34.2 Å². The lowest BCUT2D eigenvalue weighted by Gasteiger charge is -2.17. The number of thiophene rings is 1. The molecule has 5 nitrogen and oxygen atoms in total. The van der Waals surface area contributed by atoms with E-state index in [0.29, 0.717) is 32.0 Å². The Morgan fingerprint density at radius 3 is 3.00 bits per heavy atom. The smallest absolute Gasteiger partial charge is 0.317 e. The largest absolute Gasteiger partial charge is 0.481 e. The quantitative estimate of drug-likeness (QED) is 0.847. The van der Waals surface area contributed by atoms with E-state index in [1.807, 2.05) is 11.4 Å². The number of carboxylic acids is 1. The van der Waals surface area contributed by atoms with E-state index in [-0.39, 0.29) is 12.5 Å². The van der Waals surface area contributed by atoms with Crippen LogP contribution >= 0.6 is 27.3 Å². The fraction of sp³-hybridized carbons (Fsp3) is 0.538. The maximum atomic E-state index is 12.0. The number of carbonyl (C=O) groups excluding carboxylic acids is 1. The van der Waals surface area contributed by atoms with Crippen LogP contribution in [-0.2, 0) is 11.3 Å². The molecular formula is C13H17BrN2O3S. The number of carbonyl (C=O) groups is 2. The highest BCUT2D eigenvalue weighted by Gasteiger charge is 2.26. The van der Waals surface area contributed by atoms with Gasteiger partial charge in [-0.05, 0) is 40.8 Å². The number of amides is 2. The van der Waals surface area contributed by atoms with Crippen molar-refractivity contribution in [1.29, 1.82) is 0 Å². The van der Waals surface area contributed by atoms with Crippen LogP contribution in [0.15, 0.2) is 15.9 Å². The van der Waals surface area contributed by atoms with Gasteiger partial charge in [-0.15, -0.1) is 11.3 Å². The maximum absolute atomic E-state index is 12.0. The topological polar surface area (TPSA) is 69.6 Å². The summed E-state index contributed by atoms with van der Waals surface area (Å²) in [6, 6.07) is 1.93. The molecule has 1 saturated heterocycles. The van der Waals surface area contributed by atoms with Crippen LogP contribution in [0.25, 0.3) is 0 Å². The number of aliphatic carboxylic acids is 1. The zero-order chi connectivity index (χ0) is 14.5. The number of hydrogen-bond acceptors (Lipinski definition) is 3. The molecule has 0 aromatic carbocycles. The monoisotopic (exact) mass is 360 g/mol. The molecule has 2 heterocycles. The van der Waals surface area contributed by atoms with Crippen LogP contribution in [0.1, 0.15) is 24.1 Å². The molecule has 1 unspecified atom stereocenters. The molecule has 0 spiro atoms. The molecule has 1 aromatic heterocycles. The van der Waals surface area contributed by atoms with Crippen molar-refractivity contribution in [2.45, 2.75) is 25.8 Å². The average Bonchev–Trinajstić information content (AvgIpc) is 3.02. The molecule has 1 atom stereocenters. The molecule has 1 aromatic rings. The highest BCUT2D eigenvalue weighted by atomic mass is 79.9. The minimum atomic E-state index is -0.767. The molecule has 1 fully saturated rings. The molecule has 110 valence electrons. The Morgan fingerprint density at radius 2 is 2.35 bits per heavy atom. The molecule has 0 saturated carbocycles. The predicted octanol–water partition coefficient (Wildman–Crippen LogP) is 2.91. The summed E-state index contributed by atoms with van der Waals surface area (Å²) in [6.45, 7) is 1.91. The van der Waals surface area contributed by atoms with Crippen molar-refractivity contribution >= 4 is 39.3 Å². The Balaban J connectivity index is 1.72. The van der Waals surface area contributed by atoms with E-state index >= 15 is 0 Å². The maximum Gasteiger partial charge on any atom is 0.317 e. The van der Waals surface area contributed by atoms with E-state index in [9.17, 15) is 9.59 Å². The second-order valence-electron chi connectivity index (χ2n) is 4.92. The number of carboxylic acid groups (broad SMARTS) is 1. The van der Waals surface area contributed by atoms with Crippen molar-refractivity contribution in [3.8, 4) is 0 Å². The second kappa shape index (κ2) is 7.08. The third-order valence-corrected chi connectivity index (χ3v) is 5.07. The minimum Gasteiger partial charge on any atom is -0.481 e. The number of likely N-dealkylation sites (tertiary alicyclic amines) is 1. The molecule has 2 amide bonds. The first kappa shape index (κ1) is 15.3. The Bertz CT molecular complexity index is 492. The Labute approximate surface area is 130 Å². The first-order valence-corrected chi connectivity index (χ1v) is 8.19. The van der Waals surface area contributed by atoms with Gasteiger partial charge >= 0.3 is 12.0 Å². The highest BCUT2D eigenvalue weighted by Crippen LogP contribution is 2.22. The van der Waals surface area contributed by atoms with Crippen LogP contribution < -0.4 is 5.32 Å². The Kier molecular flexibility index (Phi) is 5.42. The van der Waals surface area contributed by atoms with E-state index in [4.69, 9.17) is 5.11 Å².